The number of carbonyl (C=O) groups excluding carboxylic acids is 1. The van der Waals surface area contributed by atoms with Crippen LogP contribution in [-0.4, -0.2) is 5.78 Å². The fraction of sp³-hybridized carbons (Fsp3) is 0.500. The molecule has 52 valence electrons. The fourth-order valence-electron chi connectivity index (χ4n) is 0.306. The predicted molar refractivity (Wildman–Crippen MR) is 46.2 cm³/mol. The molecule has 0 bridgehead atoms. The molecular weight excluding hydrogens is 199 g/mol. The van der Waals surface area contributed by atoms with Gasteiger partial charge in [-0.05, 0) is 19.2 Å². The number of halogens is 1. The second-order valence-electron chi connectivity index (χ2n) is 2.00. The van der Waals surface area contributed by atoms with E-state index in [1.54, 1.807) is 6.08 Å². The van der Waals surface area contributed by atoms with E-state index in [0.717, 1.165) is 0 Å². The maximum atomic E-state index is 10.8. The molecule has 0 aromatic heterocycles. The minimum absolute atomic E-state index is 0.130. The van der Waals surface area contributed by atoms with Crippen molar-refractivity contribution < 1.29 is 4.79 Å². The van der Waals surface area contributed by atoms with Crippen LogP contribution in [0.1, 0.15) is 13.8 Å². The highest BCUT2D eigenvalue weighted by Gasteiger charge is 1.99. The van der Waals surface area contributed by atoms with Crippen LogP contribution in [0.5, 0.6) is 0 Å². The molecule has 0 fully saturated rings. The van der Waals surface area contributed by atoms with Crippen LogP contribution >= 0.6 is 22.8 Å². The summed E-state index contributed by atoms with van der Waals surface area (Å²) in [5.74, 6) is 2.16. The minimum atomic E-state index is 0.130. The standard InChI is InChI=1S/C6H10BrOP/c1-5(2)6(8)3-4-9-7/h3-5,9H,1-2H3/b4-3+. The molecule has 0 saturated carbocycles. The van der Waals surface area contributed by atoms with Gasteiger partial charge in [-0.25, -0.2) is 0 Å². The van der Waals surface area contributed by atoms with Gasteiger partial charge in [0.05, 0.1) is 0 Å². The molecule has 0 rings (SSSR count). The quantitative estimate of drug-likeness (QED) is 0.515. The van der Waals surface area contributed by atoms with Gasteiger partial charge in [0.2, 0.25) is 0 Å². The Morgan fingerprint density at radius 1 is 1.67 bits per heavy atom. The summed E-state index contributed by atoms with van der Waals surface area (Å²) >= 11 is 3.22. The first-order chi connectivity index (χ1) is 4.18. The van der Waals surface area contributed by atoms with Crippen molar-refractivity contribution in [1.29, 1.82) is 0 Å². The molecule has 9 heavy (non-hydrogen) atoms. The van der Waals surface area contributed by atoms with E-state index in [1.807, 2.05) is 19.7 Å². The molecule has 3 heteroatoms. The summed E-state index contributed by atoms with van der Waals surface area (Å²) in [7, 11) is 0.554. The summed E-state index contributed by atoms with van der Waals surface area (Å²) < 4.78 is 0. The Kier molecular flexibility index (Phi) is 5.31. The molecule has 0 amide bonds. The first-order valence-corrected chi connectivity index (χ1v) is 6.08. The van der Waals surface area contributed by atoms with E-state index in [9.17, 15) is 4.79 Å². The van der Waals surface area contributed by atoms with Crippen LogP contribution in [0.3, 0.4) is 0 Å². The molecule has 1 unspecified atom stereocenters. The van der Waals surface area contributed by atoms with Gasteiger partial charge in [-0.3, -0.25) is 4.79 Å². The largest absolute Gasteiger partial charge is 0.295 e. The summed E-state index contributed by atoms with van der Waals surface area (Å²) in [6.45, 7) is 3.79. The molecule has 0 radical (unpaired) electrons. The highest BCUT2D eigenvalue weighted by molar-refractivity contribution is 9.37. The summed E-state index contributed by atoms with van der Waals surface area (Å²) in [5, 5.41) is 0. The monoisotopic (exact) mass is 208 g/mol. The van der Waals surface area contributed by atoms with Gasteiger partial charge in [0, 0.05) is 5.92 Å². The highest BCUT2D eigenvalue weighted by atomic mass is 79.9. The van der Waals surface area contributed by atoms with E-state index in [4.69, 9.17) is 0 Å². The first-order valence-electron chi connectivity index (χ1n) is 2.75. The van der Waals surface area contributed by atoms with E-state index in [-0.39, 0.29) is 11.7 Å². The summed E-state index contributed by atoms with van der Waals surface area (Å²) in [6.07, 6.45) is 1.62. The Morgan fingerprint density at radius 2 is 2.22 bits per heavy atom. The lowest BCUT2D eigenvalue weighted by atomic mass is 10.1. The molecule has 1 atom stereocenters. The number of allylic oxidation sites excluding steroid dienone is 1. The third-order valence-electron chi connectivity index (χ3n) is 0.880. The molecule has 0 aromatic rings. The molecule has 0 aliphatic rings. The number of carbonyl (C=O) groups is 1. The predicted octanol–water partition coefficient (Wildman–Crippen LogP) is 2.71. The van der Waals surface area contributed by atoms with Crippen LogP contribution in [0.25, 0.3) is 0 Å². The van der Waals surface area contributed by atoms with Crippen LogP contribution in [-0.2, 0) is 4.79 Å². The SMILES string of the molecule is CC(C)C(=O)/C=C/PBr. The van der Waals surface area contributed by atoms with E-state index < -0.39 is 0 Å². The molecular formula is C6H10BrOP. The Bertz CT molecular complexity index is 120. The van der Waals surface area contributed by atoms with Gasteiger partial charge in [0.1, 0.15) is 0 Å². The van der Waals surface area contributed by atoms with Gasteiger partial charge in [-0.15, -0.1) is 0 Å². The molecule has 1 nitrogen and oxygen atoms in total. The molecule has 0 aliphatic carbocycles. The van der Waals surface area contributed by atoms with Gasteiger partial charge >= 0.3 is 0 Å². The first kappa shape index (κ1) is 9.32. The average molecular weight is 209 g/mol. The Hall–Kier alpha value is 0.320. The van der Waals surface area contributed by atoms with E-state index in [0.29, 0.717) is 7.28 Å². The Morgan fingerprint density at radius 3 is 2.56 bits per heavy atom. The lowest BCUT2D eigenvalue weighted by Crippen LogP contribution is -2.01. The second kappa shape index (κ2) is 5.13. The maximum absolute atomic E-state index is 10.8. The molecule has 0 heterocycles. The second-order valence-corrected chi connectivity index (χ2v) is 3.92. The zero-order valence-electron chi connectivity index (χ0n) is 5.52. The van der Waals surface area contributed by atoms with Crippen molar-refractivity contribution in [2.45, 2.75) is 13.8 Å². The van der Waals surface area contributed by atoms with Crippen LogP contribution in [0.2, 0.25) is 0 Å². The molecule has 0 aliphatic heterocycles. The summed E-state index contributed by atoms with van der Waals surface area (Å²) in [4.78, 5) is 10.8. The van der Waals surface area contributed by atoms with Crippen LogP contribution in [0, 0.1) is 5.92 Å². The van der Waals surface area contributed by atoms with Crippen molar-refractivity contribution in [3.05, 3.63) is 11.9 Å². The normalized spacial score (nSPS) is 12.4. The van der Waals surface area contributed by atoms with Crippen molar-refractivity contribution in [3.63, 3.8) is 0 Å². The summed E-state index contributed by atoms with van der Waals surface area (Å²) in [6, 6.07) is 0. The van der Waals surface area contributed by atoms with E-state index in [1.165, 1.54) is 0 Å². The van der Waals surface area contributed by atoms with Crippen molar-refractivity contribution in [2.75, 3.05) is 0 Å². The Labute approximate surface area is 65.4 Å². The van der Waals surface area contributed by atoms with Crippen molar-refractivity contribution in [3.8, 4) is 0 Å². The lowest BCUT2D eigenvalue weighted by molar-refractivity contribution is -0.117. The topological polar surface area (TPSA) is 17.1 Å². The lowest BCUT2D eigenvalue weighted by Gasteiger charge is -1.94. The zero-order chi connectivity index (χ0) is 7.28. The molecule has 0 N–H and O–H groups in total. The third kappa shape index (κ3) is 4.80. The van der Waals surface area contributed by atoms with Crippen molar-refractivity contribution in [2.24, 2.45) is 5.92 Å². The Balaban J connectivity index is 3.63. The molecule has 0 saturated heterocycles. The van der Waals surface area contributed by atoms with Crippen molar-refractivity contribution in [1.82, 2.24) is 0 Å². The average Bonchev–Trinajstić information content (AvgIpc) is 1.82. The van der Waals surface area contributed by atoms with Gasteiger partial charge in [-0.1, -0.05) is 29.3 Å². The molecule has 0 spiro atoms. The van der Waals surface area contributed by atoms with Gasteiger partial charge < -0.3 is 0 Å². The van der Waals surface area contributed by atoms with E-state index >= 15 is 0 Å². The van der Waals surface area contributed by atoms with Gasteiger partial charge in [-0.2, -0.15) is 0 Å². The number of rotatable bonds is 3. The van der Waals surface area contributed by atoms with Crippen molar-refractivity contribution >= 4 is 28.6 Å². The van der Waals surface area contributed by atoms with Gasteiger partial charge in [0.15, 0.2) is 5.78 Å². The smallest absolute Gasteiger partial charge is 0.158 e. The van der Waals surface area contributed by atoms with Gasteiger partial charge in [0.25, 0.3) is 0 Å². The van der Waals surface area contributed by atoms with Crippen LogP contribution < -0.4 is 0 Å². The zero-order valence-corrected chi connectivity index (χ0v) is 8.10. The molecule has 0 aromatic carbocycles. The van der Waals surface area contributed by atoms with Crippen LogP contribution in [0.15, 0.2) is 11.9 Å². The highest BCUT2D eigenvalue weighted by Crippen LogP contribution is 2.20. The number of ketones is 1. The fourth-order valence-corrected chi connectivity index (χ4v) is 0.930. The van der Waals surface area contributed by atoms with Crippen LogP contribution in [0.4, 0.5) is 0 Å². The number of hydrogen-bond acceptors (Lipinski definition) is 1. The maximum Gasteiger partial charge on any atom is 0.158 e. The summed E-state index contributed by atoms with van der Waals surface area (Å²) in [5.41, 5.74) is 0. The minimum Gasteiger partial charge on any atom is -0.295 e. The van der Waals surface area contributed by atoms with E-state index in [2.05, 4.69) is 15.5 Å². The number of hydrogen-bond donors (Lipinski definition) is 0. The third-order valence-corrected chi connectivity index (χ3v) is 1.97.